The molecule has 0 saturated carbocycles. The Hall–Kier alpha value is -4.03. The molecule has 0 radical (unpaired) electrons. The summed E-state index contributed by atoms with van der Waals surface area (Å²) < 4.78 is 49.6. The lowest BCUT2D eigenvalue weighted by molar-refractivity contribution is -0.197. The summed E-state index contributed by atoms with van der Waals surface area (Å²) in [6.07, 6.45) is 27.8. The van der Waals surface area contributed by atoms with Crippen LogP contribution in [0.1, 0.15) is 265 Å². The van der Waals surface area contributed by atoms with Crippen LogP contribution in [0.2, 0.25) is 0 Å². The first kappa shape index (κ1) is 83.4. The van der Waals surface area contributed by atoms with E-state index in [4.69, 9.17) is 49.1 Å². The van der Waals surface area contributed by atoms with E-state index in [0.717, 1.165) is 51.4 Å². The number of carboxylic acid groups (broad SMARTS) is 2. The standard InChI is InChI=1S/C18H34F2N2O3.C16H27NO4.C12H23ClO.C6H12F2N2O2.C4H5NO3.ClH/c1-2-3-4-5-6-7-8-9-10-12-15(23)22-14-11-13-18(21,16(19)20)17(24)25;1-2-3-4-5-6-7-8-9-10-11-16(20)21-17-14(18)12-13-15(17)19;1-2-3-4-5-6-7-8-9-10-11-12(13)14;7-4(8)6(10,5(11)12)2-1-3-9;6-3-1-2-4(7)5(3)8;/h16H,2-14,21H2,1H3,(H,22,23)(H,24,25);2-13H2,1H3;2-11H2,1H3;4H,1-3,9-10H2,(H,11,12);8H,1-2H2;1H. The van der Waals surface area contributed by atoms with Crippen LogP contribution in [0.25, 0.3) is 0 Å². The molecule has 0 aliphatic carbocycles. The second kappa shape index (κ2) is 53.9. The molecule has 2 aliphatic rings. The molecule has 476 valence electrons. The van der Waals surface area contributed by atoms with Crippen LogP contribution >= 0.6 is 24.0 Å². The number of hydrogen-bond acceptors (Lipinski definition) is 14. The van der Waals surface area contributed by atoms with Crippen LogP contribution in [-0.2, 0) is 48.0 Å². The highest BCUT2D eigenvalue weighted by Crippen LogP contribution is 2.21. The van der Waals surface area contributed by atoms with Crippen molar-refractivity contribution in [2.75, 3.05) is 13.1 Å². The maximum atomic E-state index is 12.7. The van der Waals surface area contributed by atoms with Gasteiger partial charge in [-0.15, -0.1) is 17.5 Å². The Bertz CT molecular complexity index is 1700. The minimum absolute atomic E-state index is 0. The normalized spacial score (nSPS) is 14.2. The fourth-order valence-corrected chi connectivity index (χ4v) is 7.96. The molecular weight excluding hydrogens is 1110 g/mol. The molecule has 0 aromatic rings. The van der Waals surface area contributed by atoms with E-state index in [1.165, 1.54) is 122 Å². The van der Waals surface area contributed by atoms with Crippen molar-refractivity contribution in [2.45, 2.75) is 289 Å². The maximum Gasteiger partial charge on any atom is 0.333 e. The quantitative estimate of drug-likeness (QED) is 0.00982. The van der Waals surface area contributed by atoms with E-state index in [2.05, 4.69) is 26.1 Å². The molecule has 10 N–H and O–H groups in total. The number of aliphatic carboxylic acids is 2. The number of rotatable bonds is 42. The number of hydroxylamine groups is 4. The lowest BCUT2D eigenvalue weighted by atomic mass is 9.95. The van der Waals surface area contributed by atoms with E-state index in [1.54, 1.807) is 0 Å². The number of nitrogens with one attached hydrogen (secondary N) is 1. The summed E-state index contributed by atoms with van der Waals surface area (Å²) in [4.78, 5) is 103. The van der Waals surface area contributed by atoms with Crippen LogP contribution in [0.15, 0.2) is 0 Å². The van der Waals surface area contributed by atoms with Gasteiger partial charge in [0.1, 0.15) is 0 Å². The molecule has 2 heterocycles. The third-order valence-electron chi connectivity index (χ3n) is 13.2. The average molecular weight is 1210 g/mol. The van der Waals surface area contributed by atoms with Gasteiger partial charge in [0.2, 0.25) is 11.1 Å². The fourth-order valence-electron chi connectivity index (χ4n) is 7.83. The predicted molar refractivity (Wildman–Crippen MR) is 305 cm³/mol. The largest absolute Gasteiger partial charge is 0.480 e. The predicted octanol–water partition coefficient (Wildman–Crippen LogP) is 11.8. The van der Waals surface area contributed by atoms with Crippen molar-refractivity contribution < 1.29 is 81.0 Å². The van der Waals surface area contributed by atoms with Crippen molar-refractivity contribution >= 4 is 76.7 Å². The first-order valence-electron chi connectivity index (χ1n) is 29.3. The van der Waals surface area contributed by atoms with Crippen LogP contribution in [0.4, 0.5) is 17.6 Å². The lowest BCUT2D eigenvalue weighted by Gasteiger charge is -2.23. The smallest absolute Gasteiger partial charge is 0.333 e. The highest BCUT2D eigenvalue weighted by atomic mass is 35.5. The maximum absolute atomic E-state index is 12.7. The second-order valence-electron chi connectivity index (χ2n) is 20.4. The summed E-state index contributed by atoms with van der Waals surface area (Å²) in [6, 6.07) is 0. The molecule has 81 heavy (non-hydrogen) atoms. The first-order chi connectivity index (χ1) is 37.9. The van der Waals surface area contributed by atoms with Gasteiger partial charge in [0.25, 0.3) is 36.5 Å². The Balaban J connectivity index is -0.000000478. The molecule has 0 aromatic carbocycles. The summed E-state index contributed by atoms with van der Waals surface area (Å²) in [5, 5.41) is 28.8. The number of nitrogens with zero attached hydrogens (tertiary/aromatic N) is 2. The van der Waals surface area contributed by atoms with Gasteiger partial charge in [-0.05, 0) is 63.1 Å². The Morgan fingerprint density at radius 1 is 0.531 bits per heavy atom. The molecule has 0 bridgehead atoms. The van der Waals surface area contributed by atoms with Gasteiger partial charge in [-0.25, -0.2) is 31.9 Å². The Morgan fingerprint density at radius 2 is 0.840 bits per heavy atom. The van der Waals surface area contributed by atoms with Gasteiger partial charge in [-0.1, -0.05) is 175 Å². The number of halogens is 6. The van der Waals surface area contributed by atoms with Crippen LogP contribution in [0, 0.1) is 0 Å². The third-order valence-corrected chi connectivity index (χ3v) is 13.3. The van der Waals surface area contributed by atoms with Crippen molar-refractivity contribution in [3.8, 4) is 0 Å². The van der Waals surface area contributed by atoms with E-state index < -0.39 is 65.5 Å². The van der Waals surface area contributed by atoms with Crippen LogP contribution in [0.3, 0.4) is 0 Å². The molecule has 19 nitrogen and oxygen atoms in total. The van der Waals surface area contributed by atoms with E-state index in [1.807, 2.05) is 0 Å². The summed E-state index contributed by atoms with van der Waals surface area (Å²) in [5.41, 5.74) is 10.2. The van der Waals surface area contributed by atoms with Gasteiger partial charge in [0.15, 0.2) is 11.1 Å². The molecule has 2 rings (SSSR count). The van der Waals surface area contributed by atoms with Gasteiger partial charge in [0.05, 0.1) is 0 Å². The number of imide groups is 2. The summed E-state index contributed by atoms with van der Waals surface area (Å²) >= 11 is 5.24. The number of nitrogens with two attached hydrogens (primary N) is 3. The zero-order chi connectivity index (χ0) is 61.2. The molecule has 2 fully saturated rings. The van der Waals surface area contributed by atoms with Gasteiger partial charge in [-0.3, -0.25) is 34.0 Å². The molecule has 0 aromatic heterocycles. The minimum Gasteiger partial charge on any atom is -0.480 e. The van der Waals surface area contributed by atoms with Crippen molar-refractivity contribution in [2.24, 2.45) is 17.2 Å². The molecule has 0 spiro atoms. The van der Waals surface area contributed by atoms with Crippen LogP contribution < -0.4 is 22.5 Å². The zero-order valence-corrected chi connectivity index (χ0v) is 50.4. The number of carbonyl (C=O) groups is 9. The summed E-state index contributed by atoms with van der Waals surface area (Å²) in [5.74, 6) is -5.86. The van der Waals surface area contributed by atoms with E-state index in [0.29, 0.717) is 17.9 Å². The first-order valence-corrected chi connectivity index (χ1v) is 29.7. The number of amides is 5. The van der Waals surface area contributed by atoms with E-state index in [9.17, 15) is 60.7 Å². The molecule has 25 heteroatoms. The number of unbranched alkanes of at least 4 members (excludes halogenated alkanes) is 24. The van der Waals surface area contributed by atoms with Gasteiger partial charge in [-0.2, -0.15) is 5.06 Å². The Morgan fingerprint density at radius 3 is 1.14 bits per heavy atom. The van der Waals surface area contributed by atoms with Gasteiger partial charge in [0, 0.05) is 51.5 Å². The van der Waals surface area contributed by atoms with Gasteiger partial charge < -0.3 is 37.6 Å². The molecule has 5 amide bonds. The molecule has 2 unspecified atom stereocenters. The SMILES string of the molecule is CCCCCCCCCCCC(=O)Cl.CCCCCCCCCCCC(=O)NCCCC(N)(C(=O)O)C(F)F.CCCCCCCCCCCC(=O)ON1C(=O)CCC1=O.Cl.NCCCC(N)(C(=O)O)C(F)F.O=C1CCC(=O)N1O. The molecular formula is C56H102Cl2F4N6O13. The second-order valence-corrected chi connectivity index (χ2v) is 20.8. The van der Waals surface area contributed by atoms with E-state index in [-0.39, 0.29) is 99.5 Å². The Kier molecular flexibility index (Phi) is 55.6. The fraction of sp³-hybridized carbons (Fsp3) is 0.839. The van der Waals surface area contributed by atoms with Crippen LogP contribution in [-0.4, -0.2) is 115 Å². The van der Waals surface area contributed by atoms with Gasteiger partial charge >= 0.3 is 17.9 Å². The van der Waals surface area contributed by atoms with Crippen molar-refractivity contribution in [3.63, 3.8) is 0 Å². The van der Waals surface area contributed by atoms with Crippen molar-refractivity contribution in [3.05, 3.63) is 0 Å². The monoisotopic (exact) mass is 1210 g/mol. The van der Waals surface area contributed by atoms with Crippen molar-refractivity contribution in [1.29, 1.82) is 0 Å². The third kappa shape index (κ3) is 45.1. The Labute approximate surface area is 490 Å². The van der Waals surface area contributed by atoms with E-state index >= 15 is 0 Å². The topological polar surface area (TPSA) is 320 Å². The molecule has 2 saturated heterocycles. The highest BCUT2D eigenvalue weighted by molar-refractivity contribution is 6.63. The lowest BCUT2D eigenvalue weighted by Crippen LogP contribution is -2.54. The minimum atomic E-state index is -3.14. The van der Waals surface area contributed by atoms with Crippen molar-refractivity contribution in [1.82, 2.24) is 15.4 Å². The average Bonchev–Trinajstić information content (AvgIpc) is 3.89. The molecule has 2 atom stereocenters. The zero-order valence-electron chi connectivity index (χ0n) is 48.8. The molecule has 2 aliphatic heterocycles. The van der Waals surface area contributed by atoms with Crippen LogP contribution in [0.5, 0.6) is 0 Å². The highest BCUT2D eigenvalue weighted by Gasteiger charge is 2.44. The number of carboxylic acids is 2. The number of alkyl halides is 4. The summed E-state index contributed by atoms with van der Waals surface area (Å²) in [7, 11) is 0. The number of carbonyl (C=O) groups excluding carboxylic acids is 7. The summed E-state index contributed by atoms with van der Waals surface area (Å²) in [6.45, 7) is 6.96. The number of hydrogen-bond donors (Lipinski definition) is 7.